The first-order chi connectivity index (χ1) is 11.6. The molecule has 0 aromatic heterocycles. The Balaban J connectivity index is 1.80. The molecule has 24 heavy (non-hydrogen) atoms. The second-order valence-corrected chi connectivity index (χ2v) is 5.82. The molecule has 6 heteroatoms. The zero-order valence-corrected chi connectivity index (χ0v) is 14.3. The molecule has 1 aromatic rings. The van der Waals surface area contributed by atoms with E-state index in [4.69, 9.17) is 0 Å². The van der Waals surface area contributed by atoms with Gasteiger partial charge in [-0.05, 0) is 24.5 Å². The van der Waals surface area contributed by atoms with Crippen LogP contribution in [0.2, 0.25) is 0 Å². The highest BCUT2D eigenvalue weighted by Gasteiger charge is 2.19. The van der Waals surface area contributed by atoms with Crippen LogP contribution in [0.15, 0.2) is 41.2 Å². The Kier molecular flexibility index (Phi) is 6.96. The molecule has 1 heterocycles. The molecule has 0 fully saturated rings. The molecule has 1 aliphatic heterocycles. The molecule has 0 radical (unpaired) electrons. The SMILES string of the molecule is C/C=N\C(=C/NC)C(=O)NC[C@H](O)CN1CCc2ccccc2C1. The second kappa shape index (κ2) is 9.20. The molecule has 0 aliphatic carbocycles. The van der Waals surface area contributed by atoms with Gasteiger partial charge in [0, 0.05) is 45.6 Å². The number of aliphatic imine (C=N–C) groups is 1. The van der Waals surface area contributed by atoms with Crippen LogP contribution in [0.4, 0.5) is 0 Å². The van der Waals surface area contributed by atoms with E-state index >= 15 is 0 Å². The fraction of sp³-hybridized carbons (Fsp3) is 0.444. The van der Waals surface area contributed by atoms with Gasteiger partial charge in [-0.25, -0.2) is 0 Å². The van der Waals surface area contributed by atoms with Crippen molar-refractivity contribution in [3.8, 4) is 0 Å². The molecule has 0 spiro atoms. The van der Waals surface area contributed by atoms with Crippen molar-refractivity contribution in [1.29, 1.82) is 0 Å². The van der Waals surface area contributed by atoms with E-state index in [-0.39, 0.29) is 12.5 Å². The van der Waals surface area contributed by atoms with Crippen molar-refractivity contribution in [3.63, 3.8) is 0 Å². The van der Waals surface area contributed by atoms with Crippen molar-refractivity contribution in [2.45, 2.75) is 26.0 Å². The summed E-state index contributed by atoms with van der Waals surface area (Å²) >= 11 is 0. The van der Waals surface area contributed by atoms with Crippen molar-refractivity contribution >= 4 is 12.1 Å². The summed E-state index contributed by atoms with van der Waals surface area (Å²) in [5, 5.41) is 15.7. The Hall–Kier alpha value is -2.18. The molecule has 2 rings (SSSR count). The minimum Gasteiger partial charge on any atom is -0.392 e. The summed E-state index contributed by atoms with van der Waals surface area (Å²) in [7, 11) is 1.71. The van der Waals surface area contributed by atoms with E-state index in [2.05, 4.69) is 38.7 Å². The van der Waals surface area contributed by atoms with E-state index < -0.39 is 6.10 Å². The lowest BCUT2D eigenvalue weighted by atomic mass is 10.00. The lowest BCUT2D eigenvalue weighted by Crippen LogP contribution is -2.42. The smallest absolute Gasteiger partial charge is 0.271 e. The zero-order valence-electron chi connectivity index (χ0n) is 14.3. The number of fused-ring (bicyclic) bond motifs is 1. The summed E-state index contributed by atoms with van der Waals surface area (Å²) in [5.41, 5.74) is 2.99. The summed E-state index contributed by atoms with van der Waals surface area (Å²) in [5.74, 6) is -0.300. The fourth-order valence-corrected chi connectivity index (χ4v) is 2.81. The summed E-state index contributed by atoms with van der Waals surface area (Å²) in [6.45, 7) is 4.26. The topological polar surface area (TPSA) is 77.0 Å². The molecule has 1 amide bonds. The lowest BCUT2D eigenvalue weighted by Gasteiger charge is -2.30. The highest BCUT2D eigenvalue weighted by atomic mass is 16.3. The number of benzene rings is 1. The van der Waals surface area contributed by atoms with Crippen LogP contribution in [0.5, 0.6) is 0 Å². The summed E-state index contributed by atoms with van der Waals surface area (Å²) in [4.78, 5) is 18.2. The van der Waals surface area contributed by atoms with Crippen LogP contribution in [0, 0.1) is 0 Å². The van der Waals surface area contributed by atoms with Gasteiger partial charge in [0.05, 0.1) is 6.10 Å². The molecule has 0 saturated carbocycles. The van der Waals surface area contributed by atoms with E-state index in [1.54, 1.807) is 20.2 Å². The number of amides is 1. The van der Waals surface area contributed by atoms with Crippen LogP contribution in [0.3, 0.4) is 0 Å². The van der Waals surface area contributed by atoms with Crippen LogP contribution >= 0.6 is 0 Å². The van der Waals surface area contributed by atoms with E-state index in [0.29, 0.717) is 12.2 Å². The molecule has 3 N–H and O–H groups in total. The molecule has 0 saturated heterocycles. The van der Waals surface area contributed by atoms with Crippen molar-refractivity contribution < 1.29 is 9.90 Å². The van der Waals surface area contributed by atoms with Crippen LogP contribution in [-0.2, 0) is 17.8 Å². The molecular formula is C18H26N4O2. The van der Waals surface area contributed by atoms with Crippen LogP contribution < -0.4 is 10.6 Å². The van der Waals surface area contributed by atoms with E-state index in [1.165, 1.54) is 17.3 Å². The molecule has 1 aromatic carbocycles. The van der Waals surface area contributed by atoms with Crippen LogP contribution in [-0.4, -0.2) is 54.9 Å². The third kappa shape index (κ3) is 5.18. The highest BCUT2D eigenvalue weighted by Crippen LogP contribution is 2.18. The number of carbonyl (C=O) groups is 1. The number of hydrogen-bond acceptors (Lipinski definition) is 5. The van der Waals surface area contributed by atoms with Crippen molar-refractivity contribution in [3.05, 3.63) is 47.3 Å². The first-order valence-corrected chi connectivity index (χ1v) is 8.25. The first kappa shape index (κ1) is 18.2. The Bertz CT molecular complexity index is 613. The Morgan fingerprint density at radius 2 is 2.17 bits per heavy atom. The standard InChI is InChI=1S/C18H26N4O2/c1-3-20-17(11-19-2)18(24)21-10-16(23)13-22-9-8-14-6-4-5-7-15(14)12-22/h3-7,11,16,19,23H,8-10,12-13H2,1-2H3,(H,21,24)/b17-11-,20-3-/t16-/m0/s1. The lowest BCUT2D eigenvalue weighted by molar-refractivity contribution is -0.118. The first-order valence-electron chi connectivity index (χ1n) is 8.25. The van der Waals surface area contributed by atoms with Crippen molar-refractivity contribution in [2.75, 3.05) is 26.7 Å². The van der Waals surface area contributed by atoms with E-state index in [9.17, 15) is 9.90 Å². The predicted molar refractivity (Wildman–Crippen MR) is 95.7 cm³/mol. The van der Waals surface area contributed by atoms with E-state index in [1.807, 2.05) is 6.07 Å². The maximum Gasteiger partial charge on any atom is 0.271 e. The number of aliphatic hydroxyl groups excluding tert-OH is 1. The summed E-state index contributed by atoms with van der Waals surface area (Å²) in [6, 6.07) is 8.40. The van der Waals surface area contributed by atoms with Gasteiger partial charge in [-0.1, -0.05) is 24.3 Å². The van der Waals surface area contributed by atoms with Gasteiger partial charge in [0.25, 0.3) is 5.91 Å². The zero-order chi connectivity index (χ0) is 17.4. The molecule has 0 unspecified atom stereocenters. The molecule has 130 valence electrons. The Morgan fingerprint density at radius 1 is 1.42 bits per heavy atom. The number of hydrogen-bond donors (Lipinski definition) is 3. The van der Waals surface area contributed by atoms with Crippen molar-refractivity contribution in [2.24, 2.45) is 4.99 Å². The van der Waals surface area contributed by atoms with Gasteiger partial charge in [-0.3, -0.25) is 14.7 Å². The predicted octanol–water partition coefficient (Wildman–Crippen LogP) is 0.673. The maximum absolute atomic E-state index is 12.0. The van der Waals surface area contributed by atoms with Gasteiger partial charge >= 0.3 is 0 Å². The van der Waals surface area contributed by atoms with Gasteiger partial charge in [0.1, 0.15) is 5.70 Å². The van der Waals surface area contributed by atoms with Gasteiger partial charge < -0.3 is 15.7 Å². The Morgan fingerprint density at radius 3 is 2.88 bits per heavy atom. The monoisotopic (exact) mass is 330 g/mol. The minimum absolute atomic E-state index is 0.206. The molecule has 0 bridgehead atoms. The quantitative estimate of drug-likeness (QED) is 0.507. The number of nitrogens with zero attached hydrogens (tertiary/aromatic N) is 2. The van der Waals surface area contributed by atoms with Gasteiger partial charge in [-0.2, -0.15) is 0 Å². The Labute approximate surface area is 143 Å². The summed E-state index contributed by atoms with van der Waals surface area (Å²) < 4.78 is 0. The number of carbonyl (C=O) groups excluding carboxylic acids is 1. The fourth-order valence-electron chi connectivity index (χ4n) is 2.81. The average Bonchev–Trinajstić information content (AvgIpc) is 2.59. The largest absolute Gasteiger partial charge is 0.392 e. The summed E-state index contributed by atoms with van der Waals surface area (Å²) in [6.07, 6.45) is 3.48. The van der Waals surface area contributed by atoms with Gasteiger partial charge in [0.15, 0.2) is 0 Å². The van der Waals surface area contributed by atoms with E-state index in [0.717, 1.165) is 19.5 Å². The molecular weight excluding hydrogens is 304 g/mol. The average molecular weight is 330 g/mol. The maximum atomic E-state index is 12.0. The van der Waals surface area contributed by atoms with Crippen molar-refractivity contribution in [1.82, 2.24) is 15.5 Å². The van der Waals surface area contributed by atoms with Crippen LogP contribution in [0.1, 0.15) is 18.1 Å². The number of β-amino-alcohol motifs (C(OH)–C–C–N with tert-alkyl or cyclic N) is 1. The third-order valence-electron chi connectivity index (χ3n) is 3.96. The minimum atomic E-state index is -0.611. The molecule has 1 atom stereocenters. The third-order valence-corrected chi connectivity index (χ3v) is 3.96. The van der Waals surface area contributed by atoms with Gasteiger partial charge in [-0.15, -0.1) is 0 Å². The van der Waals surface area contributed by atoms with Crippen LogP contribution in [0.25, 0.3) is 0 Å². The molecule has 6 nitrogen and oxygen atoms in total. The normalized spacial score (nSPS) is 16.7. The number of rotatable bonds is 7. The second-order valence-electron chi connectivity index (χ2n) is 5.82. The highest BCUT2D eigenvalue weighted by molar-refractivity contribution is 5.94. The number of nitrogens with one attached hydrogen (secondary N) is 2. The molecule has 1 aliphatic rings. The van der Waals surface area contributed by atoms with Gasteiger partial charge in [0.2, 0.25) is 0 Å². The number of aliphatic hydroxyl groups is 1.